The third kappa shape index (κ3) is 3.45. The van der Waals surface area contributed by atoms with Gasteiger partial charge in [-0.05, 0) is 50.2 Å². The van der Waals surface area contributed by atoms with E-state index in [4.69, 9.17) is 14.6 Å². The minimum absolute atomic E-state index is 0.0984. The zero-order chi connectivity index (χ0) is 17.7. The van der Waals surface area contributed by atoms with Crippen LogP contribution in [0.2, 0.25) is 0 Å². The van der Waals surface area contributed by atoms with Crippen LogP contribution in [-0.2, 0) is 9.47 Å². The van der Waals surface area contributed by atoms with Gasteiger partial charge in [0.1, 0.15) is 11.4 Å². The van der Waals surface area contributed by atoms with E-state index in [1.807, 2.05) is 0 Å². The number of aromatic nitrogens is 1. The van der Waals surface area contributed by atoms with Crippen molar-refractivity contribution < 1.29 is 29.0 Å². The number of rotatable bonds is 6. The number of aromatic carboxylic acids is 1. The first-order chi connectivity index (χ1) is 11.5. The van der Waals surface area contributed by atoms with Crippen LogP contribution in [0.3, 0.4) is 0 Å². The summed E-state index contributed by atoms with van der Waals surface area (Å²) < 4.78 is 11.4. The van der Waals surface area contributed by atoms with Gasteiger partial charge in [0.25, 0.3) is 0 Å². The molecule has 126 valence electrons. The Bertz CT molecular complexity index is 724. The van der Waals surface area contributed by atoms with Gasteiger partial charge < -0.3 is 14.6 Å². The fourth-order valence-electron chi connectivity index (χ4n) is 2.20. The molecule has 7 nitrogen and oxygen atoms in total. The summed E-state index contributed by atoms with van der Waals surface area (Å²) in [5.41, 5.74) is 0.864. The molecule has 0 bridgehead atoms. The maximum atomic E-state index is 12.1. The minimum Gasteiger partial charge on any atom is -0.478 e. The van der Waals surface area contributed by atoms with Crippen LogP contribution in [0.25, 0.3) is 5.69 Å². The highest BCUT2D eigenvalue weighted by atomic mass is 16.5. The lowest BCUT2D eigenvalue weighted by Crippen LogP contribution is -2.16. The first kappa shape index (κ1) is 17.3. The molecule has 0 aliphatic rings. The highest BCUT2D eigenvalue weighted by molar-refractivity contribution is 5.95. The first-order valence-corrected chi connectivity index (χ1v) is 7.39. The zero-order valence-corrected chi connectivity index (χ0v) is 13.3. The van der Waals surface area contributed by atoms with Gasteiger partial charge in [-0.25, -0.2) is 14.4 Å². The van der Waals surface area contributed by atoms with Gasteiger partial charge in [-0.2, -0.15) is 0 Å². The fourth-order valence-corrected chi connectivity index (χ4v) is 2.20. The lowest BCUT2D eigenvalue weighted by atomic mass is 10.2. The lowest BCUT2D eigenvalue weighted by Gasteiger charge is -2.12. The number of carbonyl (C=O) groups is 3. The maximum Gasteiger partial charge on any atom is 0.355 e. The summed E-state index contributed by atoms with van der Waals surface area (Å²) in [5, 5.41) is 8.98. The average Bonchev–Trinajstić information content (AvgIpc) is 3.00. The molecule has 0 unspecified atom stereocenters. The molecule has 2 aromatic rings. The normalized spacial score (nSPS) is 10.2. The largest absolute Gasteiger partial charge is 0.478 e. The van der Waals surface area contributed by atoms with E-state index in [2.05, 4.69) is 0 Å². The highest BCUT2D eigenvalue weighted by Gasteiger charge is 2.22. The number of nitrogens with zero attached hydrogens (tertiary/aromatic N) is 1. The van der Waals surface area contributed by atoms with Crippen molar-refractivity contribution in [3.05, 3.63) is 53.3 Å². The molecule has 1 aromatic carbocycles. The molecule has 0 aliphatic carbocycles. The number of hydrogen-bond acceptors (Lipinski definition) is 5. The monoisotopic (exact) mass is 331 g/mol. The number of hydrogen-bond donors (Lipinski definition) is 1. The summed E-state index contributed by atoms with van der Waals surface area (Å²) in [7, 11) is 0. The fraction of sp³-hybridized carbons (Fsp3) is 0.235. The Hall–Kier alpha value is -3.09. The second-order valence-corrected chi connectivity index (χ2v) is 4.73. The third-order valence-corrected chi connectivity index (χ3v) is 3.22. The van der Waals surface area contributed by atoms with Gasteiger partial charge in [-0.3, -0.25) is 4.57 Å². The van der Waals surface area contributed by atoms with Crippen molar-refractivity contribution in [3.63, 3.8) is 0 Å². The van der Waals surface area contributed by atoms with E-state index in [0.29, 0.717) is 5.69 Å². The molecule has 7 heteroatoms. The van der Waals surface area contributed by atoms with Crippen molar-refractivity contribution in [2.45, 2.75) is 13.8 Å². The average molecular weight is 331 g/mol. The van der Waals surface area contributed by atoms with Gasteiger partial charge in [-0.1, -0.05) is 0 Å². The number of carboxylic acids is 1. The van der Waals surface area contributed by atoms with Gasteiger partial charge in [0, 0.05) is 5.69 Å². The summed E-state index contributed by atoms with van der Waals surface area (Å²) in [6.45, 7) is 3.74. The molecule has 1 heterocycles. The number of carboxylic acid groups (broad SMARTS) is 1. The predicted octanol–water partition coefficient (Wildman–Crippen LogP) is 2.53. The van der Waals surface area contributed by atoms with E-state index in [1.165, 1.54) is 41.0 Å². The van der Waals surface area contributed by atoms with Crippen LogP contribution < -0.4 is 0 Å². The standard InChI is InChI=1S/C17H17NO6/c1-3-23-16(21)13-9-10-14(17(22)24-4-2)18(13)12-7-5-11(6-8-12)15(19)20/h5-10H,3-4H2,1-2H3,(H,19,20). The predicted molar refractivity (Wildman–Crippen MR) is 84.6 cm³/mol. The minimum atomic E-state index is -1.06. The van der Waals surface area contributed by atoms with Crippen LogP contribution in [0.15, 0.2) is 36.4 Å². The molecule has 0 saturated carbocycles. The molecule has 2 rings (SSSR count). The Morgan fingerprint density at radius 2 is 1.33 bits per heavy atom. The molecule has 0 saturated heterocycles. The smallest absolute Gasteiger partial charge is 0.355 e. The highest BCUT2D eigenvalue weighted by Crippen LogP contribution is 2.20. The van der Waals surface area contributed by atoms with Crippen molar-refractivity contribution >= 4 is 17.9 Å². The van der Waals surface area contributed by atoms with E-state index in [-0.39, 0.29) is 30.2 Å². The third-order valence-electron chi connectivity index (χ3n) is 3.22. The Labute approximate surface area is 138 Å². The van der Waals surface area contributed by atoms with E-state index >= 15 is 0 Å². The lowest BCUT2D eigenvalue weighted by molar-refractivity contribution is 0.0508. The molecule has 0 amide bonds. The van der Waals surface area contributed by atoms with Gasteiger partial charge in [0.15, 0.2) is 0 Å². The maximum absolute atomic E-state index is 12.1. The second-order valence-electron chi connectivity index (χ2n) is 4.73. The molecular formula is C17H17NO6. The summed E-state index contributed by atoms with van der Waals surface area (Å²) in [6, 6.07) is 8.73. The van der Waals surface area contributed by atoms with Crippen LogP contribution in [0, 0.1) is 0 Å². The van der Waals surface area contributed by atoms with E-state index in [1.54, 1.807) is 13.8 Å². The second kappa shape index (κ2) is 7.45. The zero-order valence-electron chi connectivity index (χ0n) is 13.3. The Morgan fingerprint density at radius 1 is 0.875 bits per heavy atom. The van der Waals surface area contributed by atoms with Crippen LogP contribution in [0.1, 0.15) is 45.2 Å². The summed E-state index contributed by atoms with van der Waals surface area (Å²) in [6.07, 6.45) is 0. The van der Waals surface area contributed by atoms with Crippen molar-refractivity contribution in [1.29, 1.82) is 0 Å². The number of carbonyl (C=O) groups excluding carboxylic acids is 2. The number of benzene rings is 1. The van der Waals surface area contributed by atoms with Crippen molar-refractivity contribution in [2.75, 3.05) is 13.2 Å². The molecule has 24 heavy (non-hydrogen) atoms. The molecule has 0 aliphatic heterocycles. The summed E-state index contributed by atoms with van der Waals surface area (Å²) in [4.78, 5) is 35.2. The molecule has 0 spiro atoms. The van der Waals surface area contributed by atoms with Crippen molar-refractivity contribution in [1.82, 2.24) is 4.57 Å². The van der Waals surface area contributed by atoms with Crippen molar-refractivity contribution in [3.8, 4) is 5.69 Å². The quantitative estimate of drug-likeness (QED) is 0.817. The molecule has 0 radical (unpaired) electrons. The van der Waals surface area contributed by atoms with E-state index < -0.39 is 17.9 Å². The topological polar surface area (TPSA) is 94.8 Å². The molecule has 0 atom stereocenters. The van der Waals surface area contributed by atoms with Crippen molar-refractivity contribution in [2.24, 2.45) is 0 Å². The van der Waals surface area contributed by atoms with E-state index in [9.17, 15) is 14.4 Å². The number of esters is 2. The van der Waals surface area contributed by atoms with Gasteiger partial charge in [-0.15, -0.1) is 0 Å². The van der Waals surface area contributed by atoms with Crippen LogP contribution in [0.4, 0.5) is 0 Å². The Morgan fingerprint density at radius 3 is 1.71 bits per heavy atom. The first-order valence-electron chi connectivity index (χ1n) is 7.39. The van der Waals surface area contributed by atoms with Crippen LogP contribution >= 0.6 is 0 Å². The van der Waals surface area contributed by atoms with Gasteiger partial charge in [0.05, 0.1) is 18.8 Å². The molecule has 1 aromatic heterocycles. The van der Waals surface area contributed by atoms with Gasteiger partial charge in [0.2, 0.25) is 0 Å². The number of ether oxygens (including phenoxy) is 2. The van der Waals surface area contributed by atoms with Crippen LogP contribution in [0.5, 0.6) is 0 Å². The van der Waals surface area contributed by atoms with E-state index in [0.717, 1.165) is 0 Å². The Balaban J connectivity index is 2.54. The molecule has 0 fully saturated rings. The van der Waals surface area contributed by atoms with Crippen LogP contribution in [-0.4, -0.2) is 40.8 Å². The summed E-state index contributed by atoms with van der Waals surface area (Å²) >= 11 is 0. The molecular weight excluding hydrogens is 314 g/mol. The Kier molecular flexibility index (Phi) is 5.36. The van der Waals surface area contributed by atoms with Gasteiger partial charge >= 0.3 is 17.9 Å². The molecule has 1 N–H and O–H groups in total. The SMILES string of the molecule is CCOC(=O)c1ccc(C(=O)OCC)n1-c1ccc(C(=O)O)cc1. The summed E-state index contributed by atoms with van der Waals surface area (Å²) in [5.74, 6) is -2.24.